The van der Waals surface area contributed by atoms with Crippen LogP contribution in [0.1, 0.15) is 17.5 Å². The van der Waals surface area contributed by atoms with Crippen LogP contribution in [0.5, 0.6) is 5.75 Å². The molecule has 0 aliphatic carbocycles. The van der Waals surface area contributed by atoms with Gasteiger partial charge in [-0.05, 0) is 48.0 Å². The van der Waals surface area contributed by atoms with Gasteiger partial charge in [0.2, 0.25) is 11.8 Å². The molecule has 4 aromatic rings. The van der Waals surface area contributed by atoms with Crippen LogP contribution in [-0.4, -0.2) is 17.3 Å². The van der Waals surface area contributed by atoms with E-state index in [1.165, 1.54) is 12.1 Å². The van der Waals surface area contributed by atoms with Crippen molar-refractivity contribution in [2.45, 2.75) is 6.04 Å². The Bertz CT molecular complexity index is 1170. The molecule has 0 saturated heterocycles. The maximum atomic E-state index is 13.5. The average Bonchev–Trinajstić information content (AvgIpc) is 3.23. The Kier molecular flexibility index (Phi) is 5.88. The van der Waals surface area contributed by atoms with Crippen LogP contribution in [0.2, 0.25) is 10.0 Å². The molecule has 152 valence electrons. The van der Waals surface area contributed by atoms with E-state index in [9.17, 15) is 4.39 Å². The quantitative estimate of drug-likeness (QED) is 0.373. The van der Waals surface area contributed by atoms with Crippen LogP contribution in [0.3, 0.4) is 0 Å². The van der Waals surface area contributed by atoms with Crippen molar-refractivity contribution >= 4 is 28.9 Å². The van der Waals surface area contributed by atoms with E-state index < -0.39 is 6.04 Å². The number of nitrogens with one attached hydrogen (secondary N) is 1. The summed E-state index contributed by atoms with van der Waals surface area (Å²) in [7, 11) is 1.55. The molecule has 8 heteroatoms. The minimum absolute atomic E-state index is 0.289. The highest BCUT2D eigenvalue weighted by atomic mass is 35.5. The third-order valence-electron chi connectivity index (χ3n) is 4.46. The van der Waals surface area contributed by atoms with Gasteiger partial charge in [-0.2, -0.15) is 0 Å². The molecule has 0 spiro atoms. The lowest BCUT2D eigenvalue weighted by Gasteiger charge is -2.18. The van der Waals surface area contributed by atoms with Crippen molar-refractivity contribution in [3.63, 3.8) is 0 Å². The highest BCUT2D eigenvalue weighted by Crippen LogP contribution is 2.33. The Morgan fingerprint density at radius 3 is 2.43 bits per heavy atom. The monoisotopic (exact) mass is 443 g/mol. The van der Waals surface area contributed by atoms with E-state index in [4.69, 9.17) is 32.4 Å². The number of aromatic nitrogens is 2. The Balaban J connectivity index is 1.72. The molecule has 0 radical (unpaired) electrons. The molecule has 1 N–H and O–H groups in total. The molecule has 0 aliphatic rings. The Hall–Kier alpha value is -3.09. The van der Waals surface area contributed by atoms with Gasteiger partial charge in [0.05, 0.1) is 22.7 Å². The second kappa shape index (κ2) is 8.73. The maximum absolute atomic E-state index is 13.5. The number of anilines is 1. The van der Waals surface area contributed by atoms with E-state index >= 15 is 0 Å². The maximum Gasteiger partial charge on any atom is 0.249 e. The Morgan fingerprint density at radius 1 is 0.967 bits per heavy atom. The normalized spacial score (nSPS) is 11.9. The van der Waals surface area contributed by atoms with Crippen molar-refractivity contribution in [3.05, 3.63) is 94.0 Å². The summed E-state index contributed by atoms with van der Waals surface area (Å²) in [6, 6.07) is 18.0. The molecule has 0 aliphatic heterocycles. The molecule has 30 heavy (non-hydrogen) atoms. The molecule has 3 aromatic carbocycles. The Labute approximate surface area is 182 Å². The van der Waals surface area contributed by atoms with Crippen molar-refractivity contribution in [3.8, 4) is 17.2 Å². The van der Waals surface area contributed by atoms with Gasteiger partial charge in [-0.3, -0.25) is 0 Å². The summed E-state index contributed by atoms with van der Waals surface area (Å²) in [5, 5.41) is 12.6. The summed E-state index contributed by atoms with van der Waals surface area (Å²) in [6.07, 6.45) is 0. The SMILES string of the molecule is COc1ccc(N[C@@H](c2ccc(F)cc2)c2nnc(-c3ccccc3Cl)o2)cc1Cl. The van der Waals surface area contributed by atoms with E-state index in [1.54, 1.807) is 43.5 Å². The van der Waals surface area contributed by atoms with E-state index in [-0.39, 0.29) is 11.7 Å². The third-order valence-corrected chi connectivity index (χ3v) is 5.08. The standard InChI is InChI=1S/C22H16Cl2FN3O2/c1-29-19-11-10-15(12-18(19)24)26-20(13-6-8-14(25)9-7-13)22-28-27-21(30-22)16-4-2-3-5-17(16)23/h2-12,20,26H,1H3/t20-/m0/s1. The van der Waals surface area contributed by atoms with Crippen molar-refractivity contribution in [1.29, 1.82) is 0 Å². The van der Waals surface area contributed by atoms with Crippen LogP contribution >= 0.6 is 23.2 Å². The van der Waals surface area contributed by atoms with Gasteiger partial charge in [0.1, 0.15) is 17.6 Å². The first-order chi connectivity index (χ1) is 14.5. The zero-order chi connectivity index (χ0) is 21.1. The lowest BCUT2D eigenvalue weighted by Crippen LogP contribution is -2.13. The van der Waals surface area contributed by atoms with Crippen LogP contribution in [0, 0.1) is 5.82 Å². The number of hydrogen-bond acceptors (Lipinski definition) is 5. The Morgan fingerprint density at radius 2 is 1.73 bits per heavy atom. The average molecular weight is 444 g/mol. The zero-order valence-corrected chi connectivity index (χ0v) is 17.3. The predicted octanol–water partition coefficient (Wildman–Crippen LogP) is 6.39. The molecular weight excluding hydrogens is 428 g/mol. The first kappa shape index (κ1) is 20.2. The minimum Gasteiger partial charge on any atom is -0.495 e. The number of nitrogens with zero attached hydrogens (tertiary/aromatic N) is 2. The van der Waals surface area contributed by atoms with Crippen LogP contribution in [0.4, 0.5) is 10.1 Å². The van der Waals surface area contributed by atoms with Crippen LogP contribution in [0.15, 0.2) is 71.1 Å². The van der Waals surface area contributed by atoms with E-state index in [1.807, 2.05) is 18.2 Å². The molecule has 0 fully saturated rings. The summed E-state index contributed by atoms with van der Waals surface area (Å²) < 4.78 is 24.6. The van der Waals surface area contributed by atoms with Gasteiger partial charge in [-0.25, -0.2) is 4.39 Å². The van der Waals surface area contributed by atoms with Gasteiger partial charge in [0.15, 0.2) is 0 Å². The first-order valence-corrected chi connectivity index (χ1v) is 9.74. The number of halogens is 3. The summed E-state index contributed by atoms with van der Waals surface area (Å²) >= 11 is 12.5. The molecule has 1 heterocycles. The van der Waals surface area contributed by atoms with Crippen molar-refractivity contribution in [1.82, 2.24) is 10.2 Å². The van der Waals surface area contributed by atoms with Gasteiger partial charge in [-0.15, -0.1) is 10.2 Å². The molecule has 0 amide bonds. The fourth-order valence-corrected chi connectivity index (χ4v) is 3.43. The van der Waals surface area contributed by atoms with Gasteiger partial charge in [0.25, 0.3) is 0 Å². The van der Waals surface area contributed by atoms with Crippen LogP contribution < -0.4 is 10.1 Å². The fraction of sp³-hybridized carbons (Fsp3) is 0.0909. The van der Waals surface area contributed by atoms with Crippen molar-refractivity contribution in [2.75, 3.05) is 12.4 Å². The van der Waals surface area contributed by atoms with E-state index in [2.05, 4.69) is 15.5 Å². The largest absolute Gasteiger partial charge is 0.495 e. The zero-order valence-electron chi connectivity index (χ0n) is 15.8. The number of methoxy groups -OCH3 is 1. The molecule has 0 bridgehead atoms. The highest BCUT2D eigenvalue weighted by Gasteiger charge is 2.22. The first-order valence-electron chi connectivity index (χ1n) is 8.99. The van der Waals surface area contributed by atoms with E-state index in [0.717, 1.165) is 5.56 Å². The molecule has 5 nitrogen and oxygen atoms in total. The number of ether oxygens (including phenoxy) is 1. The lowest BCUT2D eigenvalue weighted by molar-refractivity contribution is 0.415. The third kappa shape index (κ3) is 4.25. The number of hydrogen-bond donors (Lipinski definition) is 1. The predicted molar refractivity (Wildman–Crippen MR) is 115 cm³/mol. The molecule has 0 saturated carbocycles. The van der Waals surface area contributed by atoms with Gasteiger partial charge in [0, 0.05) is 5.69 Å². The summed E-state index contributed by atoms with van der Waals surface area (Å²) in [4.78, 5) is 0. The topological polar surface area (TPSA) is 60.2 Å². The summed E-state index contributed by atoms with van der Waals surface area (Å²) in [6.45, 7) is 0. The fourth-order valence-electron chi connectivity index (χ4n) is 2.96. The summed E-state index contributed by atoms with van der Waals surface area (Å²) in [5.74, 6) is 0.798. The van der Waals surface area contributed by atoms with Gasteiger partial charge < -0.3 is 14.5 Å². The van der Waals surface area contributed by atoms with Crippen molar-refractivity contribution < 1.29 is 13.5 Å². The molecule has 0 unspecified atom stereocenters. The van der Waals surface area contributed by atoms with E-state index in [0.29, 0.717) is 32.9 Å². The molecular formula is C22H16Cl2FN3O2. The molecule has 1 aromatic heterocycles. The minimum atomic E-state index is -0.543. The van der Waals surface area contributed by atoms with Crippen molar-refractivity contribution in [2.24, 2.45) is 0 Å². The smallest absolute Gasteiger partial charge is 0.249 e. The number of benzene rings is 3. The summed E-state index contributed by atoms with van der Waals surface area (Å²) in [5.41, 5.74) is 2.06. The van der Waals surface area contributed by atoms with Crippen LogP contribution in [0.25, 0.3) is 11.5 Å². The second-order valence-electron chi connectivity index (χ2n) is 6.40. The second-order valence-corrected chi connectivity index (χ2v) is 7.22. The van der Waals surface area contributed by atoms with Crippen LogP contribution in [-0.2, 0) is 0 Å². The number of rotatable bonds is 6. The van der Waals surface area contributed by atoms with Gasteiger partial charge in [-0.1, -0.05) is 47.5 Å². The molecule has 4 rings (SSSR count). The highest BCUT2D eigenvalue weighted by molar-refractivity contribution is 6.33. The lowest BCUT2D eigenvalue weighted by atomic mass is 10.1. The van der Waals surface area contributed by atoms with Gasteiger partial charge >= 0.3 is 0 Å². The molecule has 1 atom stereocenters.